The number of thiophene rings is 1. The van der Waals surface area contributed by atoms with E-state index >= 15 is 0 Å². The molecule has 18 heavy (non-hydrogen) atoms. The summed E-state index contributed by atoms with van der Waals surface area (Å²) in [6.07, 6.45) is 3.53. The molecule has 0 aliphatic rings. The van der Waals surface area contributed by atoms with Crippen molar-refractivity contribution in [2.45, 2.75) is 0 Å². The molecular weight excluding hydrogens is 248 g/mol. The first-order valence-electron chi connectivity index (χ1n) is 5.36. The summed E-state index contributed by atoms with van der Waals surface area (Å²) in [4.78, 5) is 19.8. The SMILES string of the molecule is Cn1cc(-c2cc(=O)[nH]c(-c3cccs3)n2)cn1. The van der Waals surface area contributed by atoms with Gasteiger partial charge in [0.25, 0.3) is 5.56 Å². The summed E-state index contributed by atoms with van der Waals surface area (Å²) in [5, 5.41) is 6.03. The zero-order valence-electron chi connectivity index (χ0n) is 9.62. The summed E-state index contributed by atoms with van der Waals surface area (Å²) in [6, 6.07) is 5.33. The lowest BCUT2D eigenvalue weighted by atomic mass is 10.2. The Bertz CT molecular complexity index is 727. The molecule has 0 saturated heterocycles. The molecule has 0 saturated carbocycles. The van der Waals surface area contributed by atoms with Crippen molar-refractivity contribution in [3.63, 3.8) is 0 Å². The molecule has 0 unspecified atom stereocenters. The van der Waals surface area contributed by atoms with Crippen molar-refractivity contribution in [2.24, 2.45) is 7.05 Å². The van der Waals surface area contributed by atoms with Gasteiger partial charge in [-0.2, -0.15) is 5.10 Å². The third-order valence-electron chi connectivity index (χ3n) is 2.50. The number of hydrogen-bond donors (Lipinski definition) is 1. The highest BCUT2D eigenvalue weighted by atomic mass is 32.1. The van der Waals surface area contributed by atoms with Crippen LogP contribution in [0.25, 0.3) is 22.0 Å². The van der Waals surface area contributed by atoms with Crippen LogP contribution in [0.2, 0.25) is 0 Å². The molecule has 3 rings (SSSR count). The van der Waals surface area contributed by atoms with Crippen molar-refractivity contribution < 1.29 is 0 Å². The minimum atomic E-state index is -0.160. The van der Waals surface area contributed by atoms with E-state index in [1.807, 2.05) is 30.8 Å². The minimum Gasteiger partial charge on any atom is -0.306 e. The van der Waals surface area contributed by atoms with Crippen LogP contribution in [0.1, 0.15) is 0 Å². The van der Waals surface area contributed by atoms with Crippen LogP contribution < -0.4 is 5.56 Å². The summed E-state index contributed by atoms with van der Waals surface area (Å²) >= 11 is 1.54. The number of aromatic nitrogens is 4. The largest absolute Gasteiger partial charge is 0.306 e. The highest BCUT2D eigenvalue weighted by Gasteiger charge is 2.07. The van der Waals surface area contributed by atoms with Gasteiger partial charge in [-0.1, -0.05) is 6.07 Å². The lowest BCUT2D eigenvalue weighted by molar-refractivity contribution is 0.768. The molecule has 90 valence electrons. The fraction of sp³-hybridized carbons (Fsp3) is 0.0833. The number of nitrogens with one attached hydrogen (secondary N) is 1. The molecule has 5 nitrogen and oxygen atoms in total. The average Bonchev–Trinajstić information content (AvgIpc) is 2.98. The van der Waals surface area contributed by atoms with E-state index in [0.29, 0.717) is 11.5 Å². The molecule has 0 atom stereocenters. The Kier molecular flexibility index (Phi) is 2.56. The summed E-state index contributed by atoms with van der Waals surface area (Å²) < 4.78 is 1.68. The topological polar surface area (TPSA) is 63.6 Å². The quantitative estimate of drug-likeness (QED) is 0.763. The number of aromatic amines is 1. The first-order chi connectivity index (χ1) is 8.72. The summed E-state index contributed by atoms with van der Waals surface area (Å²) in [5.41, 5.74) is 1.31. The Balaban J connectivity index is 2.15. The molecule has 0 radical (unpaired) electrons. The third-order valence-corrected chi connectivity index (χ3v) is 3.37. The van der Waals surface area contributed by atoms with E-state index < -0.39 is 0 Å². The van der Waals surface area contributed by atoms with Gasteiger partial charge < -0.3 is 4.98 Å². The van der Waals surface area contributed by atoms with Crippen LogP contribution in [0.4, 0.5) is 0 Å². The molecule has 6 heteroatoms. The van der Waals surface area contributed by atoms with Crippen LogP contribution >= 0.6 is 11.3 Å². The van der Waals surface area contributed by atoms with Crippen LogP contribution in [0.3, 0.4) is 0 Å². The normalized spacial score (nSPS) is 10.7. The fourth-order valence-electron chi connectivity index (χ4n) is 1.69. The Labute approximate surface area is 107 Å². The highest BCUT2D eigenvalue weighted by molar-refractivity contribution is 7.13. The maximum atomic E-state index is 11.7. The average molecular weight is 258 g/mol. The summed E-state index contributed by atoms with van der Waals surface area (Å²) in [5.74, 6) is 0.594. The van der Waals surface area contributed by atoms with Gasteiger partial charge in [0.2, 0.25) is 0 Å². The predicted octanol–water partition coefficient (Wildman–Crippen LogP) is 1.90. The van der Waals surface area contributed by atoms with Gasteiger partial charge in [0.05, 0.1) is 16.8 Å². The predicted molar refractivity (Wildman–Crippen MR) is 70.4 cm³/mol. The van der Waals surface area contributed by atoms with E-state index in [4.69, 9.17) is 0 Å². The van der Waals surface area contributed by atoms with Crippen molar-refractivity contribution in [1.82, 2.24) is 19.7 Å². The molecule has 0 bridgehead atoms. The molecule has 1 N–H and O–H groups in total. The van der Waals surface area contributed by atoms with Crippen LogP contribution in [0.5, 0.6) is 0 Å². The fourth-order valence-corrected chi connectivity index (χ4v) is 2.36. The Morgan fingerprint density at radius 3 is 3.00 bits per heavy atom. The molecule has 3 heterocycles. The second-order valence-electron chi connectivity index (χ2n) is 3.86. The lowest BCUT2D eigenvalue weighted by Gasteiger charge is -2.00. The van der Waals surface area contributed by atoms with E-state index in [-0.39, 0.29) is 5.56 Å². The highest BCUT2D eigenvalue weighted by Crippen LogP contribution is 2.22. The Morgan fingerprint density at radius 2 is 2.33 bits per heavy atom. The standard InChI is InChI=1S/C12H10N4OS/c1-16-7-8(6-13-16)9-5-11(17)15-12(14-9)10-3-2-4-18-10/h2-7H,1H3,(H,14,15,17). The molecule has 3 aromatic rings. The van der Waals surface area contributed by atoms with E-state index in [0.717, 1.165) is 10.4 Å². The van der Waals surface area contributed by atoms with Gasteiger partial charge in [-0.05, 0) is 11.4 Å². The van der Waals surface area contributed by atoms with Gasteiger partial charge in [-0.15, -0.1) is 11.3 Å². The van der Waals surface area contributed by atoms with Gasteiger partial charge >= 0.3 is 0 Å². The van der Waals surface area contributed by atoms with Crippen LogP contribution in [-0.4, -0.2) is 19.7 Å². The Morgan fingerprint density at radius 1 is 1.44 bits per heavy atom. The van der Waals surface area contributed by atoms with Gasteiger partial charge in [0.1, 0.15) is 0 Å². The maximum absolute atomic E-state index is 11.7. The maximum Gasteiger partial charge on any atom is 0.251 e. The Hall–Kier alpha value is -2.21. The van der Waals surface area contributed by atoms with Gasteiger partial charge in [-0.3, -0.25) is 9.48 Å². The number of H-pyrrole nitrogens is 1. The molecule has 0 aromatic carbocycles. The first kappa shape index (κ1) is 10.9. The van der Waals surface area contributed by atoms with Crippen LogP contribution in [0.15, 0.2) is 40.8 Å². The summed E-state index contributed by atoms with van der Waals surface area (Å²) in [7, 11) is 1.83. The van der Waals surface area contributed by atoms with E-state index in [1.54, 1.807) is 22.2 Å². The molecule has 0 spiro atoms. The first-order valence-corrected chi connectivity index (χ1v) is 6.24. The van der Waals surface area contributed by atoms with Gasteiger partial charge in [-0.25, -0.2) is 4.98 Å². The molecule has 0 amide bonds. The third kappa shape index (κ3) is 1.98. The lowest BCUT2D eigenvalue weighted by Crippen LogP contribution is -2.07. The van der Waals surface area contributed by atoms with Crippen LogP contribution in [-0.2, 0) is 7.05 Å². The number of nitrogens with zero attached hydrogens (tertiary/aromatic N) is 3. The molecular formula is C12H10N4OS. The number of rotatable bonds is 2. The number of hydrogen-bond acceptors (Lipinski definition) is 4. The van der Waals surface area contributed by atoms with Gasteiger partial charge in [0.15, 0.2) is 5.82 Å². The zero-order chi connectivity index (χ0) is 12.5. The zero-order valence-corrected chi connectivity index (χ0v) is 10.4. The van der Waals surface area contributed by atoms with Crippen molar-refractivity contribution in [3.05, 3.63) is 46.3 Å². The monoisotopic (exact) mass is 258 g/mol. The molecule has 0 aliphatic carbocycles. The van der Waals surface area contributed by atoms with E-state index in [9.17, 15) is 4.79 Å². The van der Waals surface area contributed by atoms with Crippen molar-refractivity contribution >= 4 is 11.3 Å². The van der Waals surface area contributed by atoms with E-state index in [1.165, 1.54) is 6.07 Å². The van der Waals surface area contributed by atoms with Crippen molar-refractivity contribution in [2.75, 3.05) is 0 Å². The van der Waals surface area contributed by atoms with E-state index in [2.05, 4.69) is 15.1 Å². The molecule has 0 fully saturated rings. The van der Waals surface area contributed by atoms with Gasteiger partial charge in [0, 0.05) is 24.9 Å². The van der Waals surface area contributed by atoms with Crippen molar-refractivity contribution in [1.29, 1.82) is 0 Å². The van der Waals surface area contributed by atoms with Crippen molar-refractivity contribution in [3.8, 4) is 22.0 Å². The summed E-state index contributed by atoms with van der Waals surface area (Å²) in [6.45, 7) is 0. The second kappa shape index (κ2) is 4.23. The number of aryl methyl sites for hydroxylation is 1. The molecule has 3 aromatic heterocycles. The second-order valence-corrected chi connectivity index (χ2v) is 4.81. The minimum absolute atomic E-state index is 0.160. The smallest absolute Gasteiger partial charge is 0.251 e. The molecule has 0 aliphatic heterocycles. The van der Waals surface area contributed by atoms with Crippen LogP contribution in [0, 0.1) is 0 Å².